The van der Waals surface area contributed by atoms with Crippen LogP contribution in [0.25, 0.3) is 0 Å². The highest BCUT2D eigenvalue weighted by Crippen LogP contribution is 2.23. The summed E-state index contributed by atoms with van der Waals surface area (Å²) in [6.45, 7) is 5.39. The molecule has 0 bridgehead atoms. The molecule has 4 heteroatoms. The lowest BCUT2D eigenvalue weighted by Gasteiger charge is -2.34. The molecular formula is C14H20ClNO2. The summed E-state index contributed by atoms with van der Waals surface area (Å²) in [4.78, 5) is 2.37. The Balaban J connectivity index is 2.14. The Morgan fingerprint density at radius 3 is 3.06 bits per heavy atom. The third-order valence-corrected chi connectivity index (χ3v) is 3.69. The lowest BCUT2D eigenvalue weighted by Crippen LogP contribution is -2.45. The Hall–Kier alpha value is -0.770. The lowest BCUT2D eigenvalue weighted by atomic mass is 10.1. The lowest BCUT2D eigenvalue weighted by molar-refractivity contribution is -0.00331. The van der Waals surface area contributed by atoms with E-state index < -0.39 is 0 Å². The fourth-order valence-corrected chi connectivity index (χ4v) is 2.57. The molecule has 0 aromatic heterocycles. The van der Waals surface area contributed by atoms with Gasteiger partial charge in [-0.2, -0.15) is 0 Å². The van der Waals surface area contributed by atoms with Gasteiger partial charge in [0.2, 0.25) is 0 Å². The summed E-state index contributed by atoms with van der Waals surface area (Å²) in [6, 6.07) is 6.58. The van der Waals surface area contributed by atoms with Crippen molar-refractivity contribution in [3.63, 3.8) is 0 Å². The summed E-state index contributed by atoms with van der Waals surface area (Å²) in [7, 11) is 1.71. The highest BCUT2D eigenvalue weighted by Gasteiger charge is 2.23. The zero-order valence-electron chi connectivity index (χ0n) is 11.0. The van der Waals surface area contributed by atoms with Crippen LogP contribution in [0, 0.1) is 6.92 Å². The fraction of sp³-hybridized carbons (Fsp3) is 0.571. The first kappa shape index (κ1) is 13.7. The summed E-state index contributed by atoms with van der Waals surface area (Å²) >= 11 is 5.99. The van der Waals surface area contributed by atoms with E-state index in [0.717, 1.165) is 32.1 Å². The van der Waals surface area contributed by atoms with Gasteiger partial charge in [0, 0.05) is 30.6 Å². The molecule has 1 aliphatic rings. The van der Waals surface area contributed by atoms with Gasteiger partial charge in [-0.15, -0.1) is 11.6 Å². The number of hydrogen-bond donors (Lipinski definition) is 0. The van der Waals surface area contributed by atoms with Crippen molar-refractivity contribution in [2.45, 2.75) is 19.5 Å². The first-order valence-corrected chi connectivity index (χ1v) is 6.79. The fourth-order valence-electron chi connectivity index (χ4n) is 2.29. The van der Waals surface area contributed by atoms with Crippen molar-refractivity contribution in [3.8, 4) is 5.75 Å². The first-order chi connectivity index (χ1) is 8.74. The predicted molar refractivity (Wildman–Crippen MR) is 73.5 cm³/mol. The molecular weight excluding hydrogens is 250 g/mol. The van der Waals surface area contributed by atoms with E-state index in [-0.39, 0.29) is 0 Å². The van der Waals surface area contributed by atoms with E-state index in [1.54, 1.807) is 7.11 Å². The molecule has 1 aliphatic heterocycles. The number of hydrogen-bond acceptors (Lipinski definition) is 3. The van der Waals surface area contributed by atoms with Gasteiger partial charge in [-0.25, -0.2) is 0 Å². The van der Waals surface area contributed by atoms with Crippen LogP contribution in [0.5, 0.6) is 5.75 Å². The van der Waals surface area contributed by atoms with E-state index in [0.29, 0.717) is 11.9 Å². The van der Waals surface area contributed by atoms with Crippen molar-refractivity contribution in [3.05, 3.63) is 29.3 Å². The Morgan fingerprint density at radius 2 is 2.33 bits per heavy atom. The van der Waals surface area contributed by atoms with Crippen LogP contribution >= 0.6 is 11.6 Å². The van der Waals surface area contributed by atoms with E-state index in [9.17, 15) is 0 Å². The molecule has 1 heterocycles. The van der Waals surface area contributed by atoms with Crippen LogP contribution in [-0.2, 0) is 11.3 Å². The number of morpholine rings is 1. The van der Waals surface area contributed by atoms with Crippen molar-refractivity contribution in [2.75, 3.05) is 32.7 Å². The zero-order valence-corrected chi connectivity index (χ0v) is 11.7. The summed E-state index contributed by atoms with van der Waals surface area (Å²) < 4.78 is 10.9. The minimum Gasteiger partial charge on any atom is -0.496 e. The third kappa shape index (κ3) is 3.16. The van der Waals surface area contributed by atoms with Crippen molar-refractivity contribution >= 4 is 11.6 Å². The van der Waals surface area contributed by atoms with E-state index >= 15 is 0 Å². The molecule has 1 saturated heterocycles. The van der Waals surface area contributed by atoms with Gasteiger partial charge in [0.05, 0.1) is 20.3 Å². The second-order valence-corrected chi connectivity index (χ2v) is 4.98. The summed E-state index contributed by atoms with van der Waals surface area (Å²) in [5.41, 5.74) is 2.47. The molecule has 1 aromatic carbocycles. The van der Waals surface area contributed by atoms with Gasteiger partial charge in [0.1, 0.15) is 5.75 Å². The normalized spacial score (nSPS) is 20.9. The van der Waals surface area contributed by atoms with Crippen LogP contribution in [0.3, 0.4) is 0 Å². The first-order valence-electron chi connectivity index (χ1n) is 6.26. The van der Waals surface area contributed by atoms with Crippen LogP contribution in [0.4, 0.5) is 0 Å². The second kappa shape index (κ2) is 6.41. The minimum absolute atomic E-state index is 0.297. The molecule has 18 heavy (non-hydrogen) atoms. The molecule has 0 N–H and O–H groups in total. The van der Waals surface area contributed by atoms with Gasteiger partial charge in [-0.1, -0.05) is 17.7 Å². The molecule has 3 nitrogen and oxygen atoms in total. The summed E-state index contributed by atoms with van der Waals surface area (Å²) in [6.07, 6.45) is 0. The smallest absolute Gasteiger partial charge is 0.123 e. The van der Waals surface area contributed by atoms with Crippen molar-refractivity contribution in [1.82, 2.24) is 4.90 Å². The zero-order chi connectivity index (χ0) is 13.0. The van der Waals surface area contributed by atoms with Gasteiger partial charge >= 0.3 is 0 Å². The minimum atomic E-state index is 0.297. The SMILES string of the molecule is COc1ccc(C)cc1CN1CCOCC1CCl. The second-order valence-electron chi connectivity index (χ2n) is 4.67. The van der Waals surface area contributed by atoms with Gasteiger partial charge in [0.15, 0.2) is 0 Å². The number of methoxy groups -OCH3 is 1. The monoisotopic (exact) mass is 269 g/mol. The van der Waals surface area contributed by atoms with Crippen LogP contribution in [-0.4, -0.2) is 43.7 Å². The number of nitrogens with zero attached hydrogens (tertiary/aromatic N) is 1. The molecule has 1 unspecified atom stereocenters. The molecule has 0 aliphatic carbocycles. The largest absolute Gasteiger partial charge is 0.496 e. The Bertz CT molecular complexity index is 397. The average molecular weight is 270 g/mol. The number of halogens is 1. The number of aryl methyl sites for hydroxylation is 1. The number of rotatable bonds is 4. The number of ether oxygens (including phenoxy) is 2. The van der Waals surface area contributed by atoms with Gasteiger partial charge in [-0.05, 0) is 13.0 Å². The molecule has 0 radical (unpaired) electrons. The molecule has 1 fully saturated rings. The molecule has 2 rings (SSSR count). The number of alkyl halides is 1. The molecule has 1 atom stereocenters. The highest BCUT2D eigenvalue weighted by molar-refractivity contribution is 6.18. The molecule has 0 amide bonds. The van der Waals surface area contributed by atoms with Gasteiger partial charge in [0.25, 0.3) is 0 Å². The molecule has 0 spiro atoms. The van der Waals surface area contributed by atoms with Crippen molar-refractivity contribution < 1.29 is 9.47 Å². The van der Waals surface area contributed by atoms with E-state index in [4.69, 9.17) is 21.1 Å². The van der Waals surface area contributed by atoms with E-state index in [2.05, 4.69) is 24.0 Å². The maximum atomic E-state index is 5.99. The summed E-state index contributed by atoms with van der Waals surface area (Å²) in [5, 5.41) is 0. The maximum absolute atomic E-state index is 5.99. The topological polar surface area (TPSA) is 21.7 Å². The van der Waals surface area contributed by atoms with E-state index in [1.807, 2.05) is 6.07 Å². The van der Waals surface area contributed by atoms with Crippen LogP contribution in [0.15, 0.2) is 18.2 Å². The number of benzene rings is 1. The van der Waals surface area contributed by atoms with Gasteiger partial charge in [-0.3, -0.25) is 4.90 Å². The maximum Gasteiger partial charge on any atom is 0.123 e. The molecule has 0 saturated carbocycles. The highest BCUT2D eigenvalue weighted by atomic mass is 35.5. The quantitative estimate of drug-likeness (QED) is 0.784. The van der Waals surface area contributed by atoms with Crippen LogP contribution in [0.1, 0.15) is 11.1 Å². The van der Waals surface area contributed by atoms with Gasteiger partial charge < -0.3 is 9.47 Å². The van der Waals surface area contributed by atoms with Crippen LogP contribution in [0.2, 0.25) is 0 Å². The van der Waals surface area contributed by atoms with Crippen molar-refractivity contribution in [1.29, 1.82) is 0 Å². The van der Waals surface area contributed by atoms with Crippen LogP contribution < -0.4 is 4.74 Å². The van der Waals surface area contributed by atoms with E-state index in [1.165, 1.54) is 11.1 Å². The van der Waals surface area contributed by atoms with Crippen molar-refractivity contribution in [2.24, 2.45) is 0 Å². The Labute approximate surface area is 114 Å². The Morgan fingerprint density at radius 1 is 1.50 bits per heavy atom. The molecule has 1 aromatic rings. The standard InChI is InChI=1S/C14H20ClNO2/c1-11-3-4-14(17-2)12(7-11)9-16-5-6-18-10-13(16)8-15/h3-4,7,13H,5-6,8-10H2,1-2H3. The average Bonchev–Trinajstić information content (AvgIpc) is 2.40. The molecule has 100 valence electrons. The Kier molecular flexibility index (Phi) is 4.87. The third-order valence-electron chi connectivity index (χ3n) is 3.34. The summed E-state index contributed by atoms with van der Waals surface area (Å²) in [5.74, 6) is 1.55. The predicted octanol–water partition coefficient (Wildman–Crippen LogP) is 2.44.